The maximum atomic E-state index is 12.4. The Morgan fingerprint density at radius 1 is 1.22 bits per heavy atom. The standard InChI is InChI=1S/C23H33N5O3.HI/c1-23(2,3)19-14-25-20(31-19)15-28-22(24-4)27-12-16-7-5-8-17(11-16)21(29)26-13-18-9-6-10-30-18;/h5,7-8,11,14,18H,6,9-10,12-13,15H2,1-4H3,(H,26,29)(H2,24,27,28);1H. The van der Waals surface area contributed by atoms with Crippen molar-refractivity contribution < 1.29 is 13.9 Å². The number of carbonyl (C=O) groups excluding carboxylic acids is 1. The van der Waals surface area contributed by atoms with E-state index in [2.05, 4.69) is 46.7 Å². The van der Waals surface area contributed by atoms with E-state index >= 15 is 0 Å². The molecule has 3 N–H and O–H groups in total. The molecule has 2 heterocycles. The van der Waals surface area contributed by atoms with E-state index in [-0.39, 0.29) is 41.4 Å². The van der Waals surface area contributed by atoms with Gasteiger partial charge >= 0.3 is 0 Å². The highest BCUT2D eigenvalue weighted by atomic mass is 127. The van der Waals surface area contributed by atoms with Gasteiger partial charge in [0.05, 0.1) is 18.8 Å². The maximum Gasteiger partial charge on any atom is 0.251 e. The molecule has 0 spiro atoms. The predicted molar refractivity (Wildman–Crippen MR) is 135 cm³/mol. The Morgan fingerprint density at radius 2 is 2.00 bits per heavy atom. The Hall–Kier alpha value is -2.14. The van der Waals surface area contributed by atoms with Crippen molar-refractivity contribution in [2.75, 3.05) is 20.2 Å². The highest BCUT2D eigenvalue weighted by molar-refractivity contribution is 14.0. The molecule has 8 nitrogen and oxygen atoms in total. The third-order valence-electron chi connectivity index (χ3n) is 5.09. The summed E-state index contributed by atoms with van der Waals surface area (Å²) >= 11 is 0. The predicted octanol–water partition coefficient (Wildman–Crippen LogP) is 3.36. The molecule has 1 unspecified atom stereocenters. The lowest BCUT2D eigenvalue weighted by Gasteiger charge is -2.14. The summed E-state index contributed by atoms with van der Waals surface area (Å²) in [6, 6.07) is 7.56. The van der Waals surface area contributed by atoms with Gasteiger partial charge in [-0.25, -0.2) is 4.98 Å². The number of guanidine groups is 1. The fraction of sp³-hybridized carbons (Fsp3) is 0.522. The van der Waals surface area contributed by atoms with E-state index in [1.54, 1.807) is 13.2 Å². The topological polar surface area (TPSA) is 101 Å². The van der Waals surface area contributed by atoms with Gasteiger partial charge in [-0.05, 0) is 30.5 Å². The lowest BCUT2D eigenvalue weighted by molar-refractivity contribution is 0.0857. The molecule has 1 aliphatic heterocycles. The summed E-state index contributed by atoms with van der Waals surface area (Å²) < 4.78 is 11.4. The molecule has 1 aromatic carbocycles. The second kappa shape index (κ2) is 12.2. The summed E-state index contributed by atoms with van der Waals surface area (Å²) in [7, 11) is 1.71. The molecular formula is C23H34IN5O3. The van der Waals surface area contributed by atoms with Crippen molar-refractivity contribution in [1.29, 1.82) is 0 Å². The fourth-order valence-electron chi connectivity index (χ4n) is 3.24. The monoisotopic (exact) mass is 555 g/mol. The van der Waals surface area contributed by atoms with Crippen molar-refractivity contribution in [1.82, 2.24) is 20.9 Å². The number of aromatic nitrogens is 1. The Bertz CT molecular complexity index is 901. The SMILES string of the molecule is CN=C(NCc1cccc(C(=O)NCC2CCCO2)c1)NCc1ncc(C(C)(C)C)o1.I. The molecule has 32 heavy (non-hydrogen) atoms. The minimum absolute atomic E-state index is 0. The van der Waals surface area contributed by atoms with E-state index in [9.17, 15) is 4.79 Å². The van der Waals surface area contributed by atoms with Crippen molar-refractivity contribution in [3.8, 4) is 0 Å². The van der Waals surface area contributed by atoms with Gasteiger partial charge < -0.3 is 25.1 Å². The van der Waals surface area contributed by atoms with Gasteiger partial charge in [0.15, 0.2) is 5.96 Å². The van der Waals surface area contributed by atoms with Crippen molar-refractivity contribution in [3.05, 3.63) is 53.2 Å². The van der Waals surface area contributed by atoms with E-state index in [1.807, 2.05) is 24.3 Å². The average molecular weight is 555 g/mol. The Balaban J connectivity index is 0.00000363. The molecule has 1 aliphatic rings. The van der Waals surface area contributed by atoms with Crippen LogP contribution in [-0.4, -0.2) is 43.2 Å². The third kappa shape index (κ3) is 7.77. The fourth-order valence-corrected chi connectivity index (χ4v) is 3.24. The summed E-state index contributed by atoms with van der Waals surface area (Å²) in [4.78, 5) is 21.0. The van der Waals surface area contributed by atoms with Crippen molar-refractivity contribution in [2.24, 2.45) is 4.99 Å². The second-order valence-electron chi connectivity index (χ2n) is 8.69. The number of amides is 1. The molecule has 1 amide bonds. The smallest absolute Gasteiger partial charge is 0.251 e. The summed E-state index contributed by atoms with van der Waals surface area (Å²) in [6.07, 6.45) is 3.96. The van der Waals surface area contributed by atoms with Crippen LogP contribution in [0.25, 0.3) is 0 Å². The minimum Gasteiger partial charge on any atom is -0.443 e. The van der Waals surface area contributed by atoms with Crippen LogP contribution >= 0.6 is 24.0 Å². The Labute approximate surface area is 207 Å². The van der Waals surface area contributed by atoms with Gasteiger partial charge in [-0.15, -0.1) is 24.0 Å². The highest BCUT2D eigenvalue weighted by Gasteiger charge is 2.19. The van der Waals surface area contributed by atoms with E-state index in [4.69, 9.17) is 9.15 Å². The van der Waals surface area contributed by atoms with E-state index in [0.29, 0.717) is 37.0 Å². The zero-order valence-electron chi connectivity index (χ0n) is 19.2. The first-order chi connectivity index (χ1) is 14.8. The van der Waals surface area contributed by atoms with Crippen molar-refractivity contribution >= 4 is 35.8 Å². The van der Waals surface area contributed by atoms with Gasteiger partial charge in [0.25, 0.3) is 5.91 Å². The summed E-state index contributed by atoms with van der Waals surface area (Å²) in [6.45, 7) is 8.56. The van der Waals surface area contributed by atoms with Gasteiger partial charge in [-0.2, -0.15) is 0 Å². The zero-order chi connectivity index (χ0) is 22.3. The number of aliphatic imine (C=N–C) groups is 1. The van der Waals surface area contributed by atoms with E-state index < -0.39 is 0 Å². The lowest BCUT2D eigenvalue weighted by atomic mass is 9.94. The number of rotatable bonds is 7. The maximum absolute atomic E-state index is 12.4. The number of nitrogens with zero attached hydrogens (tertiary/aromatic N) is 2. The molecule has 1 saturated heterocycles. The van der Waals surface area contributed by atoms with Gasteiger partial charge in [0.2, 0.25) is 5.89 Å². The average Bonchev–Trinajstić information content (AvgIpc) is 3.44. The van der Waals surface area contributed by atoms with Crippen LogP contribution in [0.2, 0.25) is 0 Å². The van der Waals surface area contributed by atoms with Crippen LogP contribution in [0.5, 0.6) is 0 Å². The number of oxazole rings is 1. The van der Waals surface area contributed by atoms with Gasteiger partial charge in [0.1, 0.15) is 5.76 Å². The van der Waals surface area contributed by atoms with Crippen LogP contribution in [0.3, 0.4) is 0 Å². The molecule has 1 aromatic heterocycles. The number of benzene rings is 1. The molecule has 0 saturated carbocycles. The van der Waals surface area contributed by atoms with Crippen LogP contribution in [0.1, 0.15) is 61.2 Å². The van der Waals surface area contributed by atoms with Crippen molar-refractivity contribution in [3.63, 3.8) is 0 Å². The number of nitrogens with one attached hydrogen (secondary N) is 3. The molecule has 3 rings (SSSR count). The largest absolute Gasteiger partial charge is 0.443 e. The van der Waals surface area contributed by atoms with Gasteiger partial charge in [-0.1, -0.05) is 32.9 Å². The van der Waals surface area contributed by atoms with Crippen LogP contribution in [-0.2, 0) is 23.2 Å². The number of carbonyl (C=O) groups is 1. The normalized spacial score (nSPS) is 16.4. The molecule has 176 valence electrons. The first-order valence-corrected chi connectivity index (χ1v) is 10.7. The lowest BCUT2D eigenvalue weighted by Crippen LogP contribution is -2.36. The van der Waals surface area contributed by atoms with Crippen LogP contribution in [0.4, 0.5) is 0 Å². The molecule has 1 fully saturated rings. The minimum atomic E-state index is -0.0848. The molecule has 2 aromatic rings. The molecule has 0 radical (unpaired) electrons. The summed E-state index contributed by atoms with van der Waals surface area (Å²) in [5, 5.41) is 9.41. The molecule has 0 aliphatic carbocycles. The summed E-state index contributed by atoms with van der Waals surface area (Å²) in [5.74, 6) is 2.00. The van der Waals surface area contributed by atoms with Gasteiger partial charge in [-0.3, -0.25) is 9.79 Å². The number of halogens is 1. The first kappa shape index (κ1) is 26.1. The number of hydrogen-bond acceptors (Lipinski definition) is 5. The molecule has 1 atom stereocenters. The molecule has 9 heteroatoms. The van der Waals surface area contributed by atoms with E-state index in [1.165, 1.54) is 0 Å². The highest BCUT2D eigenvalue weighted by Crippen LogP contribution is 2.22. The van der Waals surface area contributed by atoms with Crippen LogP contribution in [0, 0.1) is 0 Å². The molecular weight excluding hydrogens is 521 g/mol. The van der Waals surface area contributed by atoms with Gasteiger partial charge in [0, 0.05) is 37.7 Å². The second-order valence-corrected chi connectivity index (χ2v) is 8.69. The molecule has 0 bridgehead atoms. The van der Waals surface area contributed by atoms with Crippen molar-refractivity contribution in [2.45, 2.75) is 58.2 Å². The quantitative estimate of drug-likeness (QED) is 0.275. The van der Waals surface area contributed by atoms with E-state index in [0.717, 1.165) is 30.8 Å². The Kier molecular flexibility index (Phi) is 9.95. The van der Waals surface area contributed by atoms with Crippen LogP contribution < -0.4 is 16.0 Å². The number of ether oxygens (including phenoxy) is 1. The van der Waals surface area contributed by atoms with Crippen LogP contribution in [0.15, 0.2) is 39.9 Å². The zero-order valence-corrected chi connectivity index (χ0v) is 21.6. The Morgan fingerprint density at radius 3 is 2.66 bits per heavy atom. The number of hydrogen-bond donors (Lipinski definition) is 3. The third-order valence-corrected chi connectivity index (χ3v) is 5.09. The first-order valence-electron chi connectivity index (χ1n) is 10.7. The summed E-state index contributed by atoms with van der Waals surface area (Å²) in [5.41, 5.74) is 1.54.